The lowest BCUT2D eigenvalue weighted by molar-refractivity contribution is 0.0989. The van der Waals surface area contributed by atoms with E-state index in [0.717, 1.165) is 43.8 Å². The first-order valence-electron chi connectivity index (χ1n) is 8.05. The van der Waals surface area contributed by atoms with Gasteiger partial charge in [-0.2, -0.15) is 0 Å². The van der Waals surface area contributed by atoms with E-state index in [9.17, 15) is 4.79 Å². The number of carbonyl (C=O) groups is 1. The fraction of sp³-hybridized carbons (Fsp3) is 0.375. The van der Waals surface area contributed by atoms with E-state index >= 15 is 0 Å². The van der Waals surface area contributed by atoms with Gasteiger partial charge in [0.1, 0.15) is 12.0 Å². The van der Waals surface area contributed by atoms with Crippen LogP contribution in [0.5, 0.6) is 0 Å². The Morgan fingerprint density at radius 1 is 1.38 bits per heavy atom. The number of likely N-dealkylation sites (tertiary alicyclic amines) is 1. The molecule has 4 rings (SSSR count). The van der Waals surface area contributed by atoms with Gasteiger partial charge in [-0.15, -0.1) is 5.10 Å². The van der Waals surface area contributed by atoms with Crippen LogP contribution in [0.2, 0.25) is 0 Å². The van der Waals surface area contributed by atoms with E-state index in [1.165, 1.54) is 0 Å². The highest BCUT2D eigenvalue weighted by molar-refractivity contribution is 5.88. The fourth-order valence-electron chi connectivity index (χ4n) is 3.25. The Morgan fingerprint density at radius 3 is 3.08 bits per heavy atom. The average Bonchev–Trinajstić information content (AvgIpc) is 3.21. The van der Waals surface area contributed by atoms with Crippen LogP contribution in [-0.2, 0) is 6.54 Å². The molecule has 0 aliphatic carbocycles. The maximum atomic E-state index is 11.2. The molecule has 1 amide bonds. The zero-order valence-electron chi connectivity index (χ0n) is 13.2. The third-order valence-electron chi connectivity index (χ3n) is 4.38. The smallest absolute Gasteiger partial charge is 0.288 e. The second-order valence-electron chi connectivity index (χ2n) is 6.14. The number of piperidine rings is 1. The number of imidazole rings is 1. The number of nitrogens with zero attached hydrogens (tertiary/aromatic N) is 6. The normalized spacial score (nSPS) is 18.9. The molecule has 3 aromatic heterocycles. The zero-order chi connectivity index (χ0) is 16.5. The maximum absolute atomic E-state index is 11.2. The van der Waals surface area contributed by atoms with E-state index in [-0.39, 0.29) is 11.9 Å². The summed E-state index contributed by atoms with van der Waals surface area (Å²) >= 11 is 0. The summed E-state index contributed by atoms with van der Waals surface area (Å²) in [6.07, 6.45) is 7.76. The molecule has 0 radical (unpaired) electrons. The van der Waals surface area contributed by atoms with E-state index in [1.807, 2.05) is 28.8 Å². The molecule has 1 aliphatic rings. The first-order valence-corrected chi connectivity index (χ1v) is 8.05. The number of fused-ring (bicyclic) bond motifs is 1. The molecule has 0 bridgehead atoms. The van der Waals surface area contributed by atoms with E-state index in [2.05, 4.69) is 26.2 Å². The highest BCUT2D eigenvalue weighted by Crippen LogP contribution is 2.22. The van der Waals surface area contributed by atoms with Crippen LogP contribution in [0, 0.1) is 0 Å². The third kappa shape index (κ3) is 2.88. The number of pyridine rings is 1. The molecule has 0 spiro atoms. The fourth-order valence-corrected chi connectivity index (χ4v) is 3.25. The summed E-state index contributed by atoms with van der Waals surface area (Å²) in [5.74, 6) is -0.515. The largest absolute Gasteiger partial charge is 0.363 e. The summed E-state index contributed by atoms with van der Waals surface area (Å²) in [6, 6.07) is 6.19. The van der Waals surface area contributed by atoms with Gasteiger partial charge in [0.25, 0.3) is 5.91 Å². The van der Waals surface area contributed by atoms with E-state index in [1.54, 1.807) is 11.0 Å². The summed E-state index contributed by atoms with van der Waals surface area (Å²) in [4.78, 5) is 22.1. The number of hydrogen-bond donors (Lipinski definition) is 1. The Bertz CT molecular complexity index is 835. The van der Waals surface area contributed by atoms with Crippen LogP contribution < -0.4 is 5.73 Å². The van der Waals surface area contributed by atoms with Crippen molar-refractivity contribution >= 4 is 11.6 Å². The van der Waals surface area contributed by atoms with Crippen molar-refractivity contribution in [2.24, 2.45) is 5.73 Å². The molecule has 3 aromatic rings. The molecule has 8 heteroatoms. The zero-order valence-corrected chi connectivity index (χ0v) is 13.2. The van der Waals surface area contributed by atoms with Crippen molar-refractivity contribution < 1.29 is 4.79 Å². The first-order chi connectivity index (χ1) is 11.7. The van der Waals surface area contributed by atoms with Crippen molar-refractivity contribution in [3.05, 3.63) is 48.4 Å². The average molecular weight is 325 g/mol. The molecule has 0 aromatic carbocycles. The predicted molar refractivity (Wildman–Crippen MR) is 87.3 cm³/mol. The molecule has 2 N–H and O–H groups in total. The Labute approximate surface area is 138 Å². The molecule has 1 aliphatic heterocycles. The number of amides is 1. The van der Waals surface area contributed by atoms with Gasteiger partial charge in [0.05, 0.1) is 11.7 Å². The Balaban J connectivity index is 1.47. The summed E-state index contributed by atoms with van der Waals surface area (Å²) in [5, 5.41) is 4.19. The second kappa shape index (κ2) is 6.04. The quantitative estimate of drug-likeness (QED) is 0.768. The van der Waals surface area contributed by atoms with E-state index < -0.39 is 5.91 Å². The molecule has 124 valence electrons. The van der Waals surface area contributed by atoms with Crippen LogP contribution in [-0.4, -0.2) is 48.0 Å². The first kappa shape index (κ1) is 14.8. The van der Waals surface area contributed by atoms with Gasteiger partial charge in [0.15, 0.2) is 0 Å². The molecule has 24 heavy (non-hydrogen) atoms. The monoisotopic (exact) mass is 325 g/mol. The number of primary amides is 1. The second-order valence-corrected chi connectivity index (χ2v) is 6.14. The number of carbonyl (C=O) groups excluding carboxylic acids is 1. The number of nitrogens with two attached hydrogens (primary N) is 1. The van der Waals surface area contributed by atoms with Gasteiger partial charge >= 0.3 is 0 Å². The summed E-state index contributed by atoms with van der Waals surface area (Å²) < 4.78 is 3.79. The molecule has 1 atom stereocenters. The molecular formula is C16H19N7O. The molecule has 1 fully saturated rings. The van der Waals surface area contributed by atoms with Crippen LogP contribution in [0.3, 0.4) is 0 Å². The number of hydrogen-bond acceptors (Lipinski definition) is 5. The lowest BCUT2D eigenvalue weighted by Crippen LogP contribution is -2.36. The molecular weight excluding hydrogens is 306 g/mol. The van der Waals surface area contributed by atoms with Gasteiger partial charge in [0, 0.05) is 25.5 Å². The Hall–Kier alpha value is -2.74. The van der Waals surface area contributed by atoms with Gasteiger partial charge in [-0.25, -0.2) is 14.6 Å². The molecule has 0 unspecified atom stereocenters. The lowest BCUT2D eigenvalue weighted by atomic mass is 10.1. The van der Waals surface area contributed by atoms with Gasteiger partial charge < -0.3 is 10.1 Å². The predicted octanol–water partition coefficient (Wildman–Crippen LogP) is 0.862. The molecule has 8 nitrogen and oxygen atoms in total. The summed E-state index contributed by atoms with van der Waals surface area (Å²) in [6.45, 7) is 2.69. The van der Waals surface area contributed by atoms with Gasteiger partial charge in [-0.3, -0.25) is 9.69 Å². The van der Waals surface area contributed by atoms with Crippen molar-refractivity contribution in [1.82, 2.24) is 29.0 Å². The third-order valence-corrected chi connectivity index (χ3v) is 4.38. The summed E-state index contributed by atoms with van der Waals surface area (Å²) in [7, 11) is 0. The van der Waals surface area contributed by atoms with Crippen LogP contribution in [0.25, 0.3) is 5.65 Å². The molecule has 0 saturated carbocycles. The van der Waals surface area contributed by atoms with Crippen LogP contribution >= 0.6 is 0 Å². The Kier molecular flexibility index (Phi) is 3.73. The van der Waals surface area contributed by atoms with Crippen molar-refractivity contribution in [1.29, 1.82) is 0 Å². The highest BCUT2D eigenvalue weighted by atomic mass is 16.1. The van der Waals surface area contributed by atoms with Crippen molar-refractivity contribution in [3.63, 3.8) is 0 Å². The summed E-state index contributed by atoms with van der Waals surface area (Å²) in [5.41, 5.74) is 7.24. The number of aromatic nitrogens is 5. The minimum absolute atomic E-state index is 0.0764. The standard InChI is InChI=1S/C16H19N7O/c17-15(24)16-18-11-23(20-16)13-4-3-6-21(10-13)8-12-9-22-7-2-1-5-14(22)19-12/h1-2,5,7,9,11,13H,3-4,6,8,10H2,(H2,17,24)/t13-/m1/s1. The van der Waals surface area contributed by atoms with Crippen molar-refractivity contribution in [2.75, 3.05) is 13.1 Å². The minimum Gasteiger partial charge on any atom is -0.363 e. The maximum Gasteiger partial charge on any atom is 0.288 e. The van der Waals surface area contributed by atoms with Crippen LogP contribution in [0.4, 0.5) is 0 Å². The van der Waals surface area contributed by atoms with Crippen LogP contribution in [0.15, 0.2) is 36.9 Å². The van der Waals surface area contributed by atoms with E-state index in [4.69, 9.17) is 5.73 Å². The Morgan fingerprint density at radius 2 is 2.29 bits per heavy atom. The van der Waals surface area contributed by atoms with Gasteiger partial charge in [0.2, 0.25) is 5.82 Å². The highest BCUT2D eigenvalue weighted by Gasteiger charge is 2.23. The lowest BCUT2D eigenvalue weighted by Gasteiger charge is -2.31. The topological polar surface area (TPSA) is 94.3 Å². The van der Waals surface area contributed by atoms with Crippen molar-refractivity contribution in [2.45, 2.75) is 25.4 Å². The molecule has 1 saturated heterocycles. The number of rotatable bonds is 4. The van der Waals surface area contributed by atoms with Gasteiger partial charge in [-0.1, -0.05) is 6.07 Å². The SMILES string of the molecule is NC(=O)c1ncn([C@@H]2CCCN(Cc3cn4ccccc4n3)C2)n1. The van der Waals surface area contributed by atoms with Gasteiger partial charge in [-0.05, 0) is 31.5 Å². The molecule has 4 heterocycles. The van der Waals surface area contributed by atoms with E-state index in [0.29, 0.717) is 0 Å². The van der Waals surface area contributed by atoms with Crippen LogP contribution in [0.1, 0.15) is 35.2 Å². The van der Waals surface area contributed by atoms with Crippen molar-refractivity contribution in [3.8, 4) is 0 Å². The minimum atomic E-state index is -0.592.